The lowest BCUT2D eigenvalue weighted by atomic mass is 10.1. The number of carbonyl (C=O) groups is 1. The first-order valence-electron chi connectivity index (χ1n) is 8.78. The Labute approximate surface area is 156 Å². The van der Waals surface area contributed by atoms with Gasteiger partial charge in [-0.05, 0) is 52.7 Å². The summed E-state index contributed by atoms with van der Waals surface area (Å²) in [5.74, 6) is 1.09. The number of nitrogens with one attached hydrogen (secondary N) is 2. The third-order valence-corrected chi connectivity index (χ3v) is 5.27. The Morgan fingerprint density at radius 3 is 2.68 bits per heavy atom. The van der Waals surface area contributed by atoms with Gasteiger partial charge in [-0.3, -0.25) is 9.89 Å². The number of hydrogen-bond acceptors (Lipinski definition) is 4. The molecular formula is C18H24BrN5O. The molecular weight excluding hydrogens is 382 g/mol. The Morgan fingerprint density at radius 1 is 1.32 bits per heavy atom. The number of aromatic amines is 1. The number of H-pyrrole nitrogens is 1. The zero-order valence-corrected chi connectivity index (χ0v) is 16.3. The summed E-state index contributed by atoms with van der Waals surface area (Å²) in [6.07, 6.45) is 5.61. The molecule has 0 spiro atoms. The van der Waals surface area contributed by atoms with Crippen molar-refractivity contribution in [1.82, 2.24) is 20.5 Å². The maximum atomic E-state index is 12.3. The second-order valence-electron chi connectivity index (χ2n) is 6.71. The van der Waals surface area contributed by atoms with Crippen molar-refractivity contribution in [2.24, 2.45) is 0 Å². The van der Waals surface area contributed by atoms with Crippen molar-refractivity contribution in [1.29, 1.82) is 0 Å². The van der Waals surface area contributed by atoms with Crippen molar-refractivity contribution in [3.05, 3.63) is 39.8 Å². The predicted molar refractivity (Wildman–Crippen MR) is 102 cm³/mol. The number of carbonyl (C=O) groups excluding carboxylic acids is 1. The van der Waals surface area contributed by atoms with Crippen molar-refractivity contribution in [3.63, 3.8) is 0 Å². The van der Waals surface area contributed by atoms with Crippen LogP contribution >= 0.6 is 15.9 Å². The van der Waals surface area contributed by atoms with E-state index in [-0.39, 0.29) is 11.8 Å². The largest absolute Gasteiger partial charge is 0.357 e. The summed E-state index contributed by atoms with van der Waals surface area (Å²) in [5, 5.41) is 9.94. The fourth-order valence-corrected chi connectivity index (χ4v) is 3.79. The van der Waals surface area contributed by atoms with E-state index in [9.17, 15) is 4.79 Å². The van der Waals surface area contributed by atoms with Crippen molar-refractivity contribution < 1.29 is 4.79 Å². The molecule has 0 radical (unpaired) electrons. The van der Waals surface area contributed by atoms with Gasteiger partial charge in [-0.2, -0.15) is 5.10 Å². The molecule has 0 aliphatic carbocycles. The van der Waals surface area contributed by atoms with E-state index in [1.807, 2.05) is 18.3 Å². The highest BCUT2D eigenvalue weighted by Gasteiger charge is 2.19. The van der Waals surface area contributed by atoms with Crippen LogP contribution in [-0.2, 0) is 6.54 Å². The van der Waals surface area contributed by atoms with Gasteiger partial charge in [0.15, 0.2) is 5.69 Å². The molecule has 3 heterocycles. The van der Waals surface area contributed by atoms with Crippen molar-refractivity contribution in [2.45, 2.75) is 45.6 Å². The maximum absolute atomic E-state index is 12.3. The fourth-order valence-electron chi connectivity index (χ4n) is 2.97. The van der Waals surface area contributed by atoms with Crippen LogP contribution in [0.15, 0.2) is 22.8 Å². The number of pyridine rings is 1. The van der Waals surface area contributed by atoms with Gasteiger partial charge >= 0.3 is 0 Å². The average molecular weight is 406 g/mol. The molecule has 2 aromatic heterocycles. The Balaban J connectivity index is 1.58. The zero-order chi connectivity index (χ0) is 17.8. The monoisotopic (exact) mass is 405 g/mol. The van der Waals surface area contributed by atoms with Crippen molar-refractivity contribution >= 4 is 27.7 Å². The van der Waals surface area contributed by atoms with Gasteiger partial charge < -0.3 is 10.2 Å². The highest BCUT2D eigenvalue weighted by Crippen LogP contribution is 2.25. The van der Waals surface area contributed by atoms with Gasteiger partial charge in [0.2, 0.25) is 0 Å². The van der Waals surface area contributed by atoms with Crippen molar-refractivity contribution in [3.8, 4) is 0 Å². The van der Waals surface area contributed by atoms with Crippen LogP contribution in [0.1, 0.15) is 60.8 Å². The van der Waals surface area contributed by atoms with Gasteiger partial charge in [-0.15, -0.1) is 0 Å². The molecule has 1 amide bonds. The minimum Gasteiger partial charge on any atom is -0.357 e. The first kappa shape index (κ1) is 17.9. The summed E-state index contributed by atoms with van der Waals surface area (Å²) in [4.78, 5) is 19.2. The molecule has 0 bridgehead atoms. The highest BCUT2D eigenvalue weighted by atomic mass is 79.9. The SMILES string of the molecule is CC(C)c1[nH]nc(C(=O)NCc2ccc(N3CCCCC3)nc2)c1Br. The molecule has 2 aromatic rings. The molecule has 1 aliphatic heterocycles. The van der Waals surface area contributed by atoms with Crippen LogP contribution in [0.4, 0.5) is 5.82 Å². The van der Waals surface area contributed by atoms with E-state index in [1.54, 1.807) is 0 Å². The van der Waals surface area contributed by atoms with Gasteiger partial charge in [-0.25, -0.2) is 4.98 Å². The Morgan fingerprint density at radius 2 is 2.08 bits per heavy atom. The second kappa shape index (κ2) is 7.99. The summed E-state index contributed by atoms with van der Waals surface area (Å²) in [6, 6.07) is 4.06. The molecule has 6 nitrogen and oxygen atoms in total. The van der Waals surface area contributed by atoms with Gasteiger partial charge in [-0.1, -0.05) is 19.9 Å². The molecule has 2 N–H and O–H groups in total. The molecule has 0 atom stereocenters. The Bertz CT molecular complexity index is 720. The molecule has 134 valence electrons. The van der Waals surface area contributed by atoms with Crippen LogP contribution in [0.25, 0.3) is 0 Å². The fraction of sp³-hybridized carbons (Fsp3) is 0.500. The number of anilines is 1. The Hall–Kier alpha value is -1.89. The number of halogens is 1. The van der Waals surface area contributed by atoms with E-state index in [4.69, 9.17) is 0 Å². The highest BCUT2D eigenvalue weighted by molar-refractivity contribution is 9.10. The van der Waals surface area contributed by atoms with Gasteiger partial charge in [0.05, 0.1) is 10.2 Å². The first-order valence-corrected chi connectivity index (χ1v) is 9.57. The summed E-state index contributed by atoms with van der Waals surface area (Å²) < 4.78 is 0.735. The van der Waals surface area contributed by atoms with E-state index >= 15 is 0 Å². The van der Waals surface area contributed by atoms with E-state index in [2.05, 4.69) is 55.2 Å². The molecule has 0 saturated carbocycles. The lowest BCUT2D eigenvalue weighted by Crippen LogP contribution is -2.30. The summed E-state index contributed by atoms with van der Waals surface area (Å²) in [7, 11) is 0. The van der Waals surface area contributed by atoms with Gasteiger partial charge in [0.1, 0.15) is 5.82 Å². The molecule has 0 unspecified atom stereocenters. The number of amides is 1. The number of piperidine rings is 1. The van der Waals surface area contributed by atoms with Crippen LogP contribution in [0.3, 0.4) is 0 Å². The maximum Gasteiger partial charge on any atom is 0.273 e. The normalized spacial score (nSPS) is 14.8. The second-order valence-corrected chi connectivity index (χ2v) is 7.50. The van der Waals surface area contributed by atoms with Crippen molar-refractivity contribution in [2.75, 3.05) is 18.0 Å². The molecule has 25 heavy (non-hydrogen) atoms. The lowest BCUT2D eigenvalue weighted by Gasteiger charge is -2.27. The topological polar surface area (TPSA) is 73.9 Å². The van der Waals surface area contributed by atoms with E-state index in [1.165, 1.54) is 19.3 Å². The quantitative estimate of drug-likeness (QED) is 0.796. The third kappa shape index (κ3) is 4.21. The molecule has 1 saturated heterocycles. The van der Waals surface area contributed by atoms with Crippen LogP contribution < -0.4 is 10.2 Å². The molecule has 3 rings (SSSR count). The van der Waals surface area contributed by atoms with Crippen LogP contribution in [0.2, 0.25) is 0 Å². The van der Waals surface area contributed by atoms with E-state index < -0.39 is 0 Å². The summed E-state index contributed by atoms with van der Waals surface area (Å²) in [5.41, 5.74) is 2.30. The standard InChI is InChI=1S/C18H24BrN5O/c1-12(2)16-15(19)17(23-22-16)18(25)21-11-13-6-7-14(20-10-13)24-8-4-3-5-9-24/h6-7,10,12H,3-5,8-9,11H2,1-2H3,(H,21,25)(H,22,23). The minimum atomic E-state index is -0.199. The summed E-state index contributed by atoms with van der Waals surface area (Å²) in [6.45, 7) is 6.69. The third-order valence-electron chi connectivity index (χ3n) is 4.47. The predicted octanol–water partition coefficient (Wildman–Crippen LogP) is 3.61. The molecule has 0 aromatic carbocycles. The number of nitrogens with zero attached hydrogens (tertiary/aromatic N) is 3. The average Bonchev–Trinajstić information content (AvgIpc) is 3.03. The number of hydrogen-bond donors (Lipinski definition) is 2. The van der Waals surface area contributed by atoms with Crippen LogP contribution in [0, 0.1) is 0 Å². The Kier molecular flexibility index (Phi) is 5.73. The van der Waals surface area contributed by atoms with Crippen LogP contribution in [-0.4, -0.2) is 34.2 Å². The van der Waals surface area contributed by atoms with Crippen LogP contribution in [0.5, 0.6) is 0 Å². The number of aromatic nitrogens is 3. The molecule has 1 aliphatic rings. The van der Waals surface area contributed by atoms with E-state index in [0.717, 1.165) is 34.6 Å². The lowest BCUT2D eigenvalue weighted by molar-refractivity contribution is 0.0945. The smallest absolute Gasteiger partial charge is 0.273 e. The zero-order valence-electron chi connectivity index (χ0n) is 14.7. The first-order chi connectivity index (χ1) is 12.1. The van der Waals surface area contributed by atoms with Gasteiger partial charge in [0, 0.05) is 25.8 Å². The van der Waals surface area contributed by atoms with Gasteiger partial charge in [0.25, 0.3) is 5.91 Å². The van der Waals surface area contributed by atoms with E-state index in [0.29, 0.717) is 12.2 Å². The minimum absolute atomic E-state index is 0.199. The summed E-state index contributed by atoms with van der Waals surface area (Å²) >= 11 is 3.46. The molecule has 1 fully saturated rings. The number of rotatable bonds is 5. The molecule has 7 heteroatoms.